The van der Waals surface area contributed by atoms with E-state index >= 15 is 0 Å². The van der Waals surface area contributed by atoms with E-state index in [0.29, 0.717) is 34.9 Å². The fraction of sp³-hybridized carbons (Fsp3) is 0. The summed E-state index contributed by atoms with van der Waals surface area (Å²) in [6.07, 6.45) is 3.71. The lowest BCUT2D eigenvalue weighted by molar-refractivity contribution is 1.05. The second-order valence-electron chi connectivity index (χ2n) is 24.7. The Kier molecular flexibility index (Phi) is 14.3. The molecule has 100 heavy (non-hydrogen) atoms. The molecule has 0 aliphatic rings. The Bertz CT molecular complexity index is 6410. The van der Waals surface area contributed by atoms with Gasteiger partial charge in [-0.3, -0.25) is 9.13 Å². The minimum absolute atomic E-state index is 0.583. The Morgan fingerprint density at radius 3 is 0.980 bits per heavy atom. The summed E-state index contributed by atoms with van der Waals surface area (Å²) in [4.78, 5) is 39.3. The van der Waals surface area contributed by atoms with Crippen molar-refractivity contribution >= 4 is 107 Å². The third-order valence-electron chi connectivity index (χ3n) is 18.6. The molecule has 10 nitrogen and oxygen atoms in total. The average molecular weight is 1320 g/mol. The van der Waals surface area contributed by atoms with Crippen LogP contribution >= 0.6 is 22.7 Å². The van der Waals surface area contributed by atoms with Crippen LogP contribution < -0.4 is 0 Å². The molecular formula is C88H54N10S2. The molecular weight excluding hydrogens is 1260 g/mol. The maximum Gasteiger partial charge on any atom is 0.165 e. The van der Waals surface area contributed by atoms with Gasteiger partial charge in [0.15, 0.2) is 34.9 Å². The van der Waals surface area contributed by atoms with Gasteiger partial charge in [0.2, 0.25) is 0 Å². The minimum atomic E-state index is 0.583. The largest absolute Gasteiger partial charge is 0.294 e. The second-order valence-corrected chi connectivity index (χ2v) is 26.8. The molecule has 0 amide bonds. The highest BCUT2D eigenvalue weighted by Crippen LogP contribution is 2.42. The molecule has 0 aliphatic heterocycles. The molecule has 0 atom stereocenters. The molecule has 468 valence electrons. The van der Waals surface area contributed by atoms with Crippen molar-refractivity contribution in [1.82, 2.24) is 49.0 Å². The minimum Gasteiger partial charge on any atom is -0.294 e. The van der Waals surface area contributed by atoms with Gasteiger partial charge in [-0.2, -0.15) is 0 Å². The fourth-order valence-corrected chi connectivity index (χ4v) is 16.1. The van der Waals surface area contributed by atoms with Crippen LogP contribution in [0.25, 0.3) is 186 Å². The molecule has 12 heteroatoms. The zero-order valence-corrected chi connectivity index (χ0v) is 55.1. The highest BCUT2D eigenvalue weighted by Gasteiger charge is 2.21. The van der Waals surface area contributed by atoms with E-state index in [2.05, 4.69) is 197 Å². The summed E-state index contributed by atoms with van der Waals surface area (Å²) in [5, 5.41) is 10.00. The Hall–Kier alpha value is -13.0. The molecule has 0 aliphatic carbocycles. The van der Waals surface area contributed by atoms with Crippen LogP contribution in [0.2, 0.25) is 0 Å². The Balaban J connectivity index is 0.000000139. The first-order chi connectivity index (χ1) is 49.5. The van der Waals surface area contributed by atoms with Gasteiger partial charge < -0.3 is 0 Å². The number of hydrogen-bond acceptors (Lipinski definition) is 10. The molecule has 20 aromatic rings. The van der Waals surface area contributed by atoms with Crippen LogP contribution in [0.5, 0.6) is 0 Å². The van der Waals surface area contributed by atoms with Crippen LogP contribution in [0.3, 0.4) is 0 Å². The topological polar surface area (TPSA) is 113 Å². The van der Waals surface area contributed by atoms with Gasteiger partial charge >= 0.3 is 0 Å². The smallest absolute Gasteiger partial charge is 0.165 e. The normalized spacial score (nSPS) is 11.6. The number of fused-ring (bicyclic) bond motifs is 12. The predicted octanol–water partition coefficient (Wildman–Crippen LogP) is 22.8. The second kappa shape index (κ2) is 24.6. The van der Waals surface area contributed by atoms with Crippen molar-refractivity contribution in [1.29, 1.82) is 0 Å². The fourth-order valence-electron chi connectivity index (χ4n) is 13.8. The van der Waals surface area contributed by atoms with E-state index in [0.717, 1.165) is 67.1 Å². The Morgan fingerprint density at radius 2 is 0.540 bits per heavy atom. The number of pyridine rings is 2. The van der Waals surface area contributed by atoms with E-state index in [4.69, 9.17) is 39.9 Å². The lowest BCUT2D eigenvalue weighted by atomic mass is 10.0. The summed E-state index contributed by atoms with van der Waals surface area (Å²) in [6.45, 7) is 0. The van der Waals surface area contributed by atoms with Crippen LogP contribution in [-0.4, -0.2) is 49.0 Å². The van der Waals surface area contributed by atoms with Crippen LogP contribution in [0, 0.1) is 0 Å². The first-order valence-corrected chi connectivity index (χ1v) is 34.7. The first-order valence-electron chi connectivity index (χ1n) is 33.1. The number of nitrogens with zero attached hydrogens (tertiary/aromatic N) is 10. The van der Waals surface area contributed by atoms with E-state index in [9.17, 15) is 0 Å². The molecule has 12 aromatic carbocycles. The van der Waals surface area contributed by atoms with E-state index < -0.39 is 0 Å². The lowest BCUT2D eigenvalue weighted by Gasteiger charge is -2.11. The molecule has 0 unspecified atom stereocenters. The van der Waals surface area contributed by atoms with E-state index in [1.54, 1.807) is 0 Å². The van der Waals surface area contributed by atoms with Gasteiger partial charge in [-0.1, -0.05) is 231 Å². The first kappa shape index (κ1) is 58.4. The maximum atomic E-state index is 5.00. The molecule has 0 N–H and O–H groups in total. The molecule has 0 saturated carbocycles. The summed E-state index contributed by atoms with van der Waals surface area (Å²) < 4.78 is 9.73. The summed E-state index contributed by atoms with van der Waals surface area (Å²) in [7, 11) is 0. The molecule has 0 saturated heterocycles. The van der Waals surface area contributed by atoms with Crippen molar-refractivity contribution in [3.63, 3.8) is 0 Å². The predicted molar refractivity (Wildman–Crippen MR) is 413 cm³/mol. The molecule has 0 radical (unpaired) electrons. The third-order valence-corrected chi connectivity index (χ3v) is 20.9. The zero-order chi connectivity index (χ0) is 66.0. The SMILES string of the molecule is c1ccc(-c2nc(-c3ccccc3)nc(-c3ccc(-n4c5ccccc5c5cc(-c6ccc7c(c6)sc6ccccc67)ccc54)nc3)n2)cc1.c1ccc(-c2nc(-c3ccccc3)nc(-c3ccnc(-n4c5ccccc5c5cc(-c6ccc7c(c6)sc6ccccc67)ccc54)c3)n2)cc1. The zero-order valence-electron chi connectivity index (χ0n) is 53.5. The summed E-state index contributed by atoms with van der Waals surface area (Å²) in [6, 6.07) is 110. The highest BCUT2D eigenvalue weighted by molar-refractivity contribution is 7.26. The molecule has 0 spiro atoms. The van der Waals surface area contributed by atoms with Crippen molar-refractivity contribution in [3.8, 4) is 102 Å². The van der Waals surface area contributed by atoms with Crippen LogP contribution in [0.4, 0.5) is 0 Å². The van der Waals surface area contributed by atoms with E-state index in [1.807, 2.05) is 162 Å². The monoisotopic (exact) mass is 1310 g/mol. The highest BCUT2D eigenvalue weighted by atomic mass is 32.1. The summed E-state index contributed by atoms with van der Waals surface area (Å²) in [5.74, 6) is 5.33. The van der Waals surface area contributed by atoms with Crippen molar-refractivity contribution < 1.29 is 0 Å². The number of para-hydroxylation sites is 2. The van der Waals surface area contributed by atoms with E-state index in [-0.39, 0.29) is 0 Å². The lowest BCUT2D eigenvalue weighted by Crippen LogP contribution is -2.02. The van der Waals surface area contributed by atoms with Gasteiger partial charge in [-0.15, -0.1) is 22.7 Å². The van der Waals surface area contributed by atoms with Crippen molar-refractivity contribution in [3.05, 3.63) is 328 Å². The number of benzene rings is 12. The van der Waals surface area contributed by atoms with Crippen LogP contribution in [-0.2, 0) is 0 Å². The maximum absolute atomic E-state index is 5.00. The number of hydrogen-bond donors (Lipinski definition) is 0. The van der Waals surface area contributed by atoms with Gasteiger partial charge in [0.05, 0.1) is 22.1 Å². The van der Waals surface area contributed by atoms with Crippen molar-refractivity contribution in [2.24, 2.45) is 0 Å². The van der Waals surface area contributed by atoms with Gasteiger partial charge in [0.1, 0.15) is 11.6 Å². The molecule has 8 aromatic heterocycles. The average Bonchev–Trinajstić information content (AvgIpc) is 1.61. The van der Waals surface area contributed by atoms with Gasteiger partial charge in [0, 0.05) is 108 Å². The molecule has 0 fully saturated rings. The third kappa shape index (κ3) is 10.5. The standard InChI is InChI=1S/2C44H27N5S/c1-3-11-28(12-4-1)42-46-43(29-13-5-2-6-14-29)48-44(47-42)32-21-24-41(45-27-32)49-37-17-9-7-15-33(37)36-25-30(20-23-38(36)49)31-19-22-35-34-16-8-10-18-39(34)50-40(35)26-31;1-3-11-28(12-4-1)42-46-43(29-13-5-2-6-14-29)48-44(47-42)32-23-24-45-41(27-32)49-37-17-9-7-15-33(37)36-25-30(20-22-38(36)49)31-19-21-35-34-16-8-10-18-39(34)50-40(35)26-31/h2*1-27H. The van der Waals surface area contributed by atoms with E-state index in [1.165, 1.54) is 84.1 Å². The Morgan fingerprint density at radius 1 is 0.200 bits per heavy atom. The van der Waals surface area contributed by atoms with Gasteiger partial charge in [-0.05, 0) is 107 Å². The summed E-state index contributed by atoms with van der Waals surface area (Å²) >= 11 is 3.70. The molecule has 0 bridgehead atoms. The number of thiophene rings is 2. The van der Waals surface area contributed by atoms with Gasteiger partial charge in [0.25, 0.3) is 0 Å². The number of rotatable bonds is 10. The number of aromatic nitrogens is 10. The summed E-state index contributed by atoms with van der Waals surface area (Å²) in [5.41, 5.74) is 14.6. The van der Waals surface area contributed by atoms with Crippen LogP contribution in [0.1, 0.15) is 0 Å². The van der Waals surface area contributed by atoms with Crippen LogP contribution in [0.15, 0.2) is 328 Å². The van der Waals surface area contributed by atoms with Gasteiger partial charge in [-0.25, -0.2) is 39.9 Å². The van der Waals surface area contributed by atoms with Crippen molar-refractivity contribution in [2.45, 2.75) is 0 Å². The molecule has 8 heterocycles. The Labute approximate surface area is 581 Å². The van der Waals surface area contributed by atoms with Crippen molar-refractivity contribution in [2.75, 3.05) is 0 Å². The quantitative estimate of drug-likeness (QED) is 0.133. The molecule has 20 rings (SSSR count).